The maximum atomic E-state index is 11.8. The number of carboxylic acid groups (broad SMARTS) is 1. The molecule has 0 spiro atoms. The van der Waals surface area contributed by atoms with E-state index in [2.05, 4.69) is 20.7 Å². The molecule has 0 saturated carbocycles. The van der Waals surface area contributed by atoms with E-state index in [1.165, 1.54) is 11.0 Å². The second-order valence-corrected chi connectivity index (χ2v) is 5.32. The first-order valence-electron chi connectivity index (χ1n) is 5.83. The Bertz CT molecular complexity index is 463. The number of hydrogen-bond donors (Lipinski definition) is 3. The molecular formula is C11H19N5O3. The van der Waals surface area contributed by atoms with E-state index in [-0.39, 0.29) is 11.8 Å². The van der Waals surface area contributed by atoms with Gasteiger partial charge in [-0.1, -0.05) is 20.8 Å². The molecule has 1 heterocycles. The van der Waals surface area contributed by atoms with Crippen LogP contribution in [0.25, 0.3) is 0 Å². The third kappa shape index (κ3) is 4.57. The summed E-state index contributed by atoms with van der Waals surface area (Å²) in [7, 11) is 1.64. The summed E-state index contributed by atoms with van der Waals surface area (Å²) in [6, 6.07) is -0.990. The molecule has 2 amide bonds. The molecule has 8 nitrogen and oxygen atoms in total. The van der Waals surface area contributed by atoms with Gasteiger partial charge in [-0.3, -0.25) is 10.1 Å². The second-order valence-electron chi connectivity index (χ2n) is 5.32. The molecule has 0 aliphatic rings. The number of anilines is 1. The summed E-state index contributed by atoms with van der Waals surface area (Å²) in [5.74, 6) is -0.667. The van der Waals surface area contributed by atoms with E-state index >= 15 is 0 Å². The number of aryl methyl sites for hydroxylation is 1. The third-order valence-corrected chi connectivity index (χ3v) is 2.67. The van der Waals surface area contributed by atoms with Gasteiger partial charge >= 0.3 is 12.0 Å². The summed E-state index contributed by atoms with van der Waals surface area (Å²) >= 11 is 0. The third-order valence-electron chi connectivity index (χ3n) is 2.67. The number of carboxylic acids is 1. The van der Waals surface area contributed by atoms with E-state index in [1.807, 2.05) is 20.8 Å². The van der Waals surface area contributed by atoms with Crippen molar-refractivity contribution in [3.8, 4) is 0 Å². The van der Waals surface area contributed by atoms with Crippen molar-refractivity contribution in [1.29, 1.82) is 0 Å². The lowest BCUT2D eigenvalue weighted by Crippen LogP contribution is -2.46. The Morgan fingerprint density at radius 3 is 2.53 bits per heavy atom. The van der Waals surface area contributed by atoms with Crippen molar-refractivity contribution in [2.45, 2.75) is 33.2 Å². The van der Waals surface area contributed by atoms with Crippen LogP contribution in [0.15, 0.2) is 6.33 Å². The fourth-order valence-electron chi connectivity index (χ4n) is 1.45. The molecule has 0 aliphatic carbocycles. The smallest absolute Gasteiger partial charge is 0.321 e. The van der Waals surface area contributed by atoms with Crippen molar-refractivity contribution in [2.24, 2.45) is 12.5 Å². The number of amides is 2. The maximum absolute atomic E-state index is 11.8. The zero-order chi connectivity index (χ0) is 14.6. The standard InChI is InChI=1S/C11H19N5O3/c1-11(2,3)7(5-8(17)18)14-10(19)15-9-12-6-13-16(9)4/h6-7H,5H2,1-4H3,(H,17,18)(H2,12,13,14,15,19). The molecule has 0 radical (unpaired) electrons. The number of hydrogen-bond acceptors (Lipinski definition) is 4. The van der Waals surface area contributed by atoms with Crippen molar-refractivity contribution in [2.75, 3.05) is 5.32 Å². The molecule has 0 bridgehead atoms. The maximum Gasteiger partial charge on any atom is 0.321 e. The Hall–Kier alpha value is -2.12. The van der Waals surface area contributed by atoms with Crippen LogP contribution in [0.4, 0.5) is 10.7 Å². The van der Waals surface area contributed by atoms with Gasteiger partial charge < -0.3 is 10.4 Å². The lowest BCUT2D eigenvalue weighted by Gasteiger charge is -2.30. The minimum absolute atomic E-state index is 0.143. The van der Waals surface area contributed by atoms with Crippen molar-refractivity contribution in [3.05, 3.63) is 6.33 Å². The number of carbonyl (C=O) groups is 2. The molecule has 3 N–H and O–H groups in total. The number of aromatic nitrogens is 3. The van der Waals surface area contributed by atoms with Gasteiger partial charge in [0.25, 0.3) is 0 Å². The normalized spacial score (nSPS) is 12.8. The van der Waals surface area contributed by atoms with Gasteiger partial charge in [-0.05, 0) is 5.41 Å². The Labute approximate surface area is 111 Å². The van der Waals surface area contributed by atoms with Gasteiger partial charge in [0, 0.05) is 13.1 Å². The SMILES string of the molecule is Cn1ncnc1NC(=O)NC(CC(=O)O)C(C)(C)C. The fourth-order valence-corrected chi connectivity index (χ4v) is 1.45. The van der Waals surface area contributed by atoms with E-state index in [9.17, 15) is 9.59 Å². The minimum Gasteiger partial charge on any atom is -0.481 e. The first kappa shape index (κ1) is 14.9. The number of carbonyl (C=O) groups excluding carboxylic acids is 1. The average Bonchev–Trinajstić information content (AvgIpc) is 2.61. The number of aliphatic carboxylic acids is 1. The molecule has 8 heteroatoms. The Morgan fingerprint density at radius 2 is 2.11 bits per heavy atom. The predicted molar refractivity (Wildman–Crippen MR) is 68.7 cm³/mol. The van der Waals surface area contributed by atoms with Crippen molar-refractivity contribution in [3.63, 3.8) is 0 Å². The van der Waals surface area contributed by atoms with Crippen LogP contribution in [0, 0.1) is 5.41 Å². The molecule has 0 fully saturated rings. The van der Waals surface area contributed by atoms with Gasteiger partial charge in [0.15, 0.2) is 0 Å². The van der Waals surface area contributed by atoms with Crippen LogP contribution in [-0.2, 0) is 11.8 Å². The Kier molecular flexibility index (Phi) is 4.47. The van der Waals surface area contributed by atoms with Crippen molar-refractivity contribution < 1.29 is 14.7 Å². The van der Waals surface area contributed by atoms with Crippen molar-refractivity contribution in [1.82, 2.24) is 20.1 Å². The molecule has 0 aromatic carbocycles. The highest BCUT2D eigenvalue weighted by Crippen LogP contribution is 2.21. The molecule has 0 aliphatic heterocycles. The predicted octanol–water partition coefficient (Wildman–Crippen LogP) is 0.826. The second kappa shape index (κ2) is 5.68. The van der Waals surface area contributed by atoms with Gasteiger partial charge in [-0.15, -0.1) is 0 Å². The lowest BCUT2D eigenvalue weighted by molar-refractivity contribution is -0.138. The summed E-state index contributed by atoms with van der Waals surface area (Å²) < 4.78 is 1.41. The summed E-state index contributed by atoms with van der Waals surface area (Å²) in [4.78, 5) is 26.5. The number of nitrogens with one attached hydrogen (secondary N) is 2. The number of rotatable bonds is 4. The molecule has 1 atom stereocenters. The molecular weight excluding hydrogens is 250 g/mol. The highest BCUT2D eigenvalue weighted by molar-refractivity contribution is 5.88. The van der Waals surface area contributed by atoms with E-state index in [4.69, 9.17) is 5.11 Å². The fraction of sp³-hybridized carbons (Fsp3) is 0.636. The van der Waals surface area contributed by atoms with Crippen LogP contribution in [0.5, 0.6) is 0 Å². The van der Waals surface area contributed by atoms with Crippen LogP contribution < -0.4 is 10.6 Å². The van der Waals surface area contributed by atoms with Gasteiger partial charge in [-0.2, -0.15) is 10.1 Å². The highest BCUT2D eigenvalue weighted by Gasteiger charge is 2.28. The van der Waals surface area contributed by atoms with Gasteiger partial charge in [0.1, 0.15) is 6.33 Å². The minimum atomic E-state index is -0.959. The van der Waals surface area contributed by atoms with E-state index < -0.39 is 18.0 Å². The summed E-state index contributed by atoms with van der Waals surface area (Å²) in [5, 5.41) is 17.8. The topological polar surface area (TPSA) is 109 Å². The molecule has 19 heavy (non-hydrogen) atoms. The molecule has 1 unspecified atom stereocenters. The first-order valence-corrected chi connectivity index (χ1v) is 5.83. The zero-order valence-corrected chi connectivity index (χ0v) is 11.5. The summed E-state index contributed by atoms with van der Waals surface area (Å²) in [6.07, 6.45) is 1.17. The molecule has 0 saturated heterocycles. The van der Waals surface area contributed by atoms with Crippen LogP contribution in [-0.4, -0.2) is 37.9 Å². The van der Waals surface area contributed by atoms with Gasteiger partial charge in [0.05, 0.1) is 6.42 Å². The first-order chi connectivity index (χ1) is 8.70. The lowest BCUT2D eigenvalue weighted by atomic mass is 9.85. The quantitative estimate of drug-likeness (QED) is 0.750. The van der Waals surface area contributed by atoms with Crippen LogP contribution in [0.1, 0.15) is 27.2 Å². The van der Waals surface area contributed by atoms with Crippen LogP contribution >= 0.6 is 0 Å². The number of urea groups is 1. The highest BCUT2D eigenvalue weighted by atomic mass is 16.4. The largest absolute Gasteiger partial charge is 0.481 e. The Balaban J connectivity index is 2.66. The summed E-state index contributed by atoms with van der Waals surface area (Å²) in [5.41, 5.74) is -0.365. The zero-order valence-electron chi connectivity index (χ0n) is 11.5. The molecule has 1 aromatic rings. The summed E-state index contributed by atoms with van der Waals surface area (Å²) in [6.45, 7) is 5.59. The van der Waals surface area contributed by atoms with Crippen LogP contribution in [0.3, 0.4) is 0 Å². The van der Waals surface area contributed by atoms with Crippen molar-refractivity contribution >= 4 is 17.9 Å². The molecule has 1 rings (SSSR count). The van der Waals surface area contributed by atoms with E-state index in [1.54, 1.807) is 7.05 Å². The number of nitrogens with zero attached hydrogens (tertiary/aromatic N) is 3. The Morgan fingerprint density at radius 1 is 1.47 bits per heavy atom. The average molecular weight is 269 g/mol. The van der Waals surface area contributed by atoms with E-state index in [0.717, 1.165) is 0 Å². The van der Waals surface area contributed by atoms with Gasteiger partial charge in [0.2, 0.25) is 5.95 Å². The van der Waals surface area contributed by atoms with Gasteiger partial charge in [-0.25, -0.2) is 9.48 Å². The van der Waals surface area contributed by atoms with Crippen LogP contribution in [0.2, 0.25) is 0 Å². The van der Waals surface area contributed by atoms with E-state index in [0.29, 0.717) is 5.95 Å². The molecule has 1 aromatic heterocycles. The molecule has 106 valence electrons. The monoisotopic (exact) mass is 269 g/mol.